The second kappa shape index (κ2) is 5.59. The lowest BCUT2D eigenvalue weighted by atomic mass is 9.97. The summed E-state index contributed by atoms with van der Waals surface area (Å²) in [7, 11) is 0. The highest BCUT2D eigenvalue weighted by molar-refractivity contribution is 5.95. The van der Waals surface area contributed by atoms with Gasteiger partial charge in [0.25, 0.3) is 5.91 Å². The largest absolute Gasteiger partial charge is 0.468 e. The van der Waals surface area contributed by atoms with Crippen molar-refractivity contribution in [1.82, 2.24) is 19.9 Å². The third-order valence-electron chi connectivity index (χ3n) is 4.60. The van der Waals surface area contributed by atoms with Gasteiger partial charge in [-0.05, 0) is 37.7 Å². The molecule has 3 heterocycles. The van der Waals surface area contributed by atoms with E-state index in [1.54, 1.807) is 12.5 Å². The van der Waals surface area contributed by atoms with Crippen molar-refractivity contribution >= 4 is 5.91 Å². The molecule has 0 N–H and O–H groups in total. The molecule has 1 atom stereocenters. The van der Waals surface area contributed by atoms with Crippen molar-refractivity contribution in [3.63, 3.8) is 0 Å². The topological polar surface area (TPSA) is 64.2 Å². The van der Waals surface area contributed by atoms with Gasteiger partial charge in [-0.25, -0.2) is 0 Å². The third kappa shape index (κ3) is 2.65. The highest BCUT2D eigenvalue weighted by Crippen LogP contribution is 2.42. The Morgan fingerprint density at radius 1 is 1.36 bits per heavy atom. The Morgan fingerprint density at radius 2 is 2.27 bits per heavy atom. The Balaban J connectivity index is 1.45. The molecule has 1 aliphatic heterocycles. The quantitative estimate of drug-likeness (QED) is 0.869. The number of carbonyl (C=O) groups is 1. The van der Waals surface area contributed by atoms with Gasteiger partial charge < -0.3 is 9.32 Å². The fourth-order valence-electron chi connectivity index (χ4n) is 3.32. The Labute approximate surface area is 129 Å². The minimum Gasteiger partial charge on any atom is -0.468 e. The summed E-state index contributed by atoms with van der Waals surface area (Å²) in [6.45, 7) is 2.45. The second-order valence-electron chi connectivity index (χ2n) is 6.36. The molecule has 1 unspecified atom stereocenters. The maximum Gasteiger partial charge on any atom is 0.257 e. The highest BCUT2D eigenvalue weighted by atomic mass is 16.3. The number of hydrogen-bond donors (Lipinski definition) is 0. The molecule has 1 saturated heterocycles. The van der Waals surface area contributed by atoms with E-state index in [1.165, 1.54) is 0 Å². The van der Waals surface area contributed by atoms with Crippen LogP contribution in [-0.4, -0.2) is 38.9 Å². The number of piperidine rings is 1. The first-order valence-corrected chi connectivity index (χ1v) is 8.02. The lowest BCUT2D eigenvalue weighted by Gasteiger charge is -2.32. The predicted molar refractivity (Wildman–Crippen MR) is 79.3 cm³/mol. The Hall–Kier alpha value is -2.11. The minimum atomic E-state index is 0.124. The molecule has 2 aliphatic rings. The SMILES string of the molecule is O=C(c1ccoc1C1CC1)N1CCCC(Cn2ccnn2)C1. The summed E-state index contributed by atoms with van der Waals surface area (Å²) in [4.78, 5) is 14.8. The normalized spacial score (nSPS) is 22.0. The maximum absolute atomic E-state index is 12.8. The molecular weight excluding hydrogens is 280 g/mol. The van der Waals surface area contributed by atoms with E-state index in [2.05, 4.69) is 10.3 Å². The summed E-state index contributed by atoms with van der Waals surface area (Å²) < 4.78 is 7.40. The van der Waals surface area contributed by atoms with E-state index in [-0.39, 0.29) is 5.91 Å². The van der Waals surface area contributed by atoms with Crippen LogP contribution in [-0.2, 0) is 6.54 Å². The lowest BCUT2D eigenvalue weighted by Crippen LogP contribution is -2.41. The zero-order chi connectivity index (χ0) is 14.9. The Morgan fingerprint density at radius 3 is 3.05 bits per heavy atom. The fourth-order valence-corrected chi connectivity index (χ4v) is 3.32. The molecule has 116 valence electrons. The van der Waals surface area contributed by atoms with Gasteiger partial charge in [-0.3, -0.25) is 9.48 Å². The lowest BCUT2D eigenvalue weighted by molar-refractivity contribution is 0.0657. The first-order valence-electron chi connectivity index (χ1n) is 8.02. The molecule has 1 amide bonds. The molecule has 2 aromatic heterocycles. The van der Waals surface area contributed by atoms with E-state index in [9.17, 15) is 4.79 Å². The fraction of sp³-hybridized carbons (Fsp3) is 0.562. The highest BCUT2D eigenvalue weighted by Gasteiger charge is 2.33. The molecule has 0 spiro atoms. The third-order valence-corrected chi connectivity index (χ3v) is 4.60. The molecule has 0 aromatic carbocycles. The summed E-state index contributed by atoms with van der Waals surface area (Å²) in [6, 6.07) is 1.83. The zero-order valence-corrected chi connectivity index (χ0v) is 12.5. The van der Waals surface area contributed by atoms with Crippen molar-refractivity contribution in [2.75, 3.05) is 13.1 Å². The van der Waals surface area contributed by atoms with Gasteiger partial charge in [0.2, 0.25) is 0 Å². The molecule has 4 rings (SSSR count). The maximum atomic E-state index is 12.8. The molecule has 2 fully saturated rings. The van der Waals surface area contributed by atoms with Crippen LogP contribution < -0.4 is 0 Å². The number of amides is 1. The summed E-state index contributed by atoms with van der Waals surface area (Å²) >= 11 is 0. The average molecular weight is 300 g/mol. The van der Waals surface area contributed by atoms with Gasteiger partial charge in [0.05, 0.1) is 18.0 Å². The van der Waals surface area contributed by atoms with Crippen LogP contribution >= 0.6 is 0 Å². The van der Waals surface area contributed by atoms with Crippen LogP contribution in [0.15, 0.2) is 29.1 Å². The molecule has 2 aromatic rings. The van der Waals surface area contributed by atoms with Crippen molar-refractivity contribution < 1.29 is 9.21 Å². The van der Waals surface area contributed by atoms with Crippen LogP contribution in [0.4, 0.5) is 0 Å². The van der Waals surface area contributed by atoms with Crippen molar-refractivity contribution in [2.45, 2.75) is 38.1 Å². The van der Waals surface area contributed by atoms with E-state index in [1.807, 2.05) is 21.8 Å². The summed E-state index contributed by atoms with van der Waals surface area (Å²) in [6.07, 6.45) is 9.68. The minimum absolute atomic E-state index is 0.124. The van der Waals surface area contributed by atoms with Gasteiger partial charge in [0.15, 0.2) is 0 Å². The molecule has 0 radical (unpaired) electrons. The first kappa shape index (κ1) is 13.5. The smallest absolute Gasteiger partial charge is 0.257 e. The van der Waals surface area contributed by atoms with Crippen LogP contribution in [0, 0.1) is 5.92 Å². The molecule has 1 saturated carbocycles. The number of carbonyl (C=O) groups excluding carboxylic acids is 1. The first-order chi connectivity index (χ1) is 10.8. The number of furan rings is 1. The Bertz CT molecular complexity index is 645. The molecule has 0 bridgehead atoms. The van der Waals surface area contributed by atoms with Crippen molar-refractivity contribution in [2.24, 2.45) is 5.92 Å². The summed E-state index contributed by atoms with van der Waals surface area (Å²) in [5, 5.41) is 7.86. The van der Waals surface area contributed by atoms with Gasteiger partial charge >= 0.3 is 0 Å². The van der Waals surface area contributed by atoms with Crippen molar-refractivity contribution in [3.05, 3.63) is 36.0 Å². The summed E-state index contributed by atoms with van der Waals surface area (Å²) in [5.74, 6) is 1.92. The molecule has 1 aliphatic carbocycles. The van der Waals surface area contributed by atoms with Crippen LogP contribution in [0.1, 0.15) is 47.7 Å². The van der Waals surface area contributed by atoms with Crippen molar-refractivity contribution in [3.8, 4) is 0 Å². The number of nitrogens with zero attached hydrogens (tertiary/aromatic N) is 4. The van der Waals surface area contributed by atoms with E-state index in [0.29, 0.717) is 11.8 Å². The van der Waals surface area contributed by atoms with E-state index in [0.717, 1.165) is 56.6 Å². The van der Waals surface area contributed by atoms with E-state index >= 15 is 0 Å². The monoisotopic (exact) mass is 300 g/mol. The van der Waals surface area contributed by atoms with Gasteiger partial charge in [0, 0.05) is 31.7 Å². The Kier molecular flexibility index (Phi) is 3.44. The van der Waals surface area contributed by atoms with E-state index in [4.69, 9.17) is 4.42 Å². The molecule has 6 heteroatoms. The van der Waals surface area contributed by atoms with Gasteiger partial charge in [-0.1, -0.05) is 5.21 Å². The van der Waals surface area contributed by atoms with Gasteiger partial charge in [0.1, 0.15) is 5.76 Å². The summed E-state index contributed by atoms with van der Waals surface area (Å²) in [5.41, 5.74) is 0.768. The van der Waals surface area contributed by atoms with Crippen LogP contribution in [0.3, 0.4) is 0 Å². The van der Waals surface area contributed by atoms with E-state index < -0.39 is 0 Å². The van der Waals surface area contributed by atoms with Crippen LogP contribution in [0.5, 0.6) is 0 Å². The van der Waals surface area contributed by atoms with Gasteiger partial charge in [-0.15, -0.1) is 5.10 Å². The predicted octanol–water partition coefficient (Wildman–Crippen LogP) is 2.30. The molecule has 22 heavy (non-hydrogen) atoms. The molecular formula is C16H20N4O2. The number of aromatic nitrogens is 3. The van der Waals surface area contributed by atoms with Gasteiger partial charge in [-0.2, -0.15) is 0 Å². The zero-order valence-electron chi connectivity index (χ0n) is 12.5. The number of rotatable bonds is 4. The standard InChI is InChI=1S/C16H20N4O2/c21-16(14-5-9-22-15(14)13-3-4-13)19-7-1-2-12(10-19)11-20-8-6-17-18-20/h5-6,8-9,12-13H,1-4,7,10-11H2. The van der Waals surface area contributed by atoms with Crippen molar-refractivity contribution in [1.29, 1.82) is 0 Å². The number of hydrogen-bond acceptors (Lipinski definition) is 4. The second-order valence-corrected chi connectivity index (χ2v) is 6.36. The average Bonchev–Trinajstić information content (AvgIpc) is 3.05. The van der Waals surface area contributed by atoms with Crippen LogP contribution in [0.2, 0.25) is 0 Å². The number of likely N-dealkylation sites (tertiary alicyclic amines) is 1. The molecule has 6 nitrogen and oxygen atoms in total. The van der Waals surface area contributed by atoms with Crippen LogP contribution in [0.25, 0.3) is 0 Å².